The van der Waals surface area contributed by atoms with Crippen molar-refractivity contribution in [3.8, 4) is 0 Å². The largest absolute Gasteiger partial charge is 0.397 e. The van der Waals surface area contributed by atoms with E-state index in [1.807, 2.05) is 12.1 Å². The summed E-state index contributed by atoms with van der Waals surface area (Å²) in [6.45, 7) is 9.85. The van der Waals surface area contributed by atoms with Gasteiger partial charge in [0.15, 0.2) is 0 Å². The fourth-order valence-corrected chi connectivity index (χ4v) is 2.28. The van der Waals surface area contributed by atoms with Crippen LogP contribution in [0.2, 0.25) is 0 Å². The molecule has 0 saturated heterocycles. The van der Waals surface area contributed by atoms with Crippen molar-refractivity contribution in [3.63, 3.8) is 0 Å². The highest BCUT2D eigenvalue weighted by atomic mass is 15.2. The second kappa shape index (κ2) is 3.58. The summed E-state index contributed by atoms with van der Waals surface area (Å²) in [5.74, 6) is 0. The summed E-state index contributed by atoms with van der Waals surface area (Å²) in [6.07, 6.45) is 0. The predicted molar refractivity (Wildman–Crippen MR) is 71.0 cm³/mol. The van der Waals surface area contributed by atoms with Crippen molar-refractivity contribution in [1.29, 1.82) is 0 Å². The molecule has 0 aromatic heterocycles. The topological polar surface area (TPSA) is 41.3 Å². The third-order valence-corrected chi connectivity index (χ3v) is 3.04. The van der Waals surface area contributed by atoms with Gasteiger partial charge >= 0.3 is 0 Å². The Kier molecular flexibility index (Phi) is 2.49. The van der Waals surface area contributed by atoms with Crippen LogP contribution in [0.1, 0.15) is 27.7 Å². The average molecular weight is 219 g/mol. The smallest absolute Gasteiger partial charge is 0.0816 e. The summed E-state index contributed by atoms with van der Waals surface area (Å²) in [5.41, 5.74) is 9.22. The minimum atomic E-state index is 0.0622. The Morgan fingerprint density at radius 2 is 2.06 bits per heavy atom. The van der Waals surface area contributed by atoms with E-state index in [0.29, 0.717) is 6.04 Å². The van der Waals surface area contributed by atoms with Gasteiger partial charge in [-0.2, -0.15) is 0 Å². The first-order valence-electron chi connectivity index (χ1n) is 5.84. The Bertz CT molecular complexity index is 396. The standard InChI is InChI=1S/C13H21N3/c1-9(2)16-8-13(3,4)15-12-10(14)6-5-7-11(12)16/h5-7,9,15H,8,14H2,1-4H3. The van der Waals surface area contributed by atoms with E-state index < -0.39 is 0 Å². The van der Waals surface area contributed by atoms with Crippen LogP contribution in [0.15, 0.2) is 18.2 Å². The van der Waals surface area contributed by atoms with Crippen LogP contribution in [-0.4, -0.2) is 18.1 Å². The van der Waals surface area contributed by atoms with Gasteiger partial charge in [0, 0.05) is 18.1 Å². The van der Waals surface area contributed by atoms with Crippen molar-refractivity contribution in [2.24, 2.45) is 0 Å². The molecule has 0 unspecified atom stereocenters. The van der Waals surface area contributed by atoms with Crippen molar-refractivity contribution >= 4 is 17.1 Å². The average Bonchev–Trinajstić information content (AvgIpc) is 2.17. The van der Waals surface area contributed by atoms with Gasteiger partial charge in [-0.15, -0.1) is 0 Å². The maximum atomic E-state index is 6.04. The van der Waals surface area contributed by atoms with Gasteiger partial charge in [0.1, 0.15) is 0 Å². The molecule has 3 nitrogen and oxygen atoms in total. The molecule has 2 rings (SSSR count). The highest BCUT2D eigenvalue weighted by molar-refractivity contribution is 5.84. The number of nitrogens with zero attached hydrogens (tertiary/aromatic N) is 1. The third-order valence-electron chi connectivity index (χ3n) is 3.04. The zero-order valence-corrected chi connectivity index (χ0v) is 10.5. The van der Waals surface area contributed by atoms with E-state index >= 15 is 0 Å². The van der Waals surface area contributed by atoms with Gasteiger partial charge in [0.05, 0.1) is 17.1 Å². The molecule has 0 bridgehead atoms. The molecule has 1 aliphatic rings. The van der Waals surface area contributed by atoms with Crippen molar-refractivity contribution in [1.82, 2.24) is 0 Å². The van der Waals surface area contributed by atoms with E-state index in [1.54, 1.807) is 0 Å². The van der Waals surface area contributed by atoms with Crippen LogP contribution in [0.3, 0.4) is 0 Å². The highest BCUT2D eigenvalue weighted by Crippen LogP contribution is 2.39. The molecule has 3 N–H and O–H groups in total. The van der Waals surface area contributed by atoms with Crippen LogP contribution in [-0.2, 0) is 0 Å². The monoisotopic (exact) mass is 219 g/mol. The van der Waals surface area contributed by atoms with Crippen LogP contribution in [0, 0.1) is 0 Å². The molecule has 0 spiro atoms. The number of para-hydroxylation sites is 1. The van der Waals surface area contributed by atoms with Gasteiger partial charge in [-0.1, -0.05) is 6.07 Å². The Hall–Kier alpha value is -1.38. The van der Waals surface area contributed by atoms with Gasteiger partial charge in [0.25, 0.3) is 0 Å². The van der Waals surface area contributed by atoms with Crippen LogP contribution in [0.25, 0.3) is 0 Å². The zero-order valence-electron chi connectivity index (χ0n) is 10.5. The third kappa shape index (κ3) is 1.82. The fourth-order valence-electron chi connectivity index (χ4n) is 2.28. The van der Waals surface area contributed by atoms with Crippen LogP contribution >= 0.6 is 0 Å². The lowest BCUT2D eigenvalue weighted by Crippen LogP contribution is -2.51. The molecule has 0 atom stereocenters. The number of rotatable bonds is 1. The van der Waals surface area contributed by atoms with Gasteiger partial charge < -0.3 is 16.0 Å². The first-order chi connectivity index (χ1) is 7.41. The summed E-state index contributed by atoms with van der Waals surface area (Å²) >= 11 is 0. The molecular weight excluding hydrogens is 198 g/mol. The van der Waals surface area contributed by atoms with Crippen molar-refractivity contribution < 1.29 is 0 Å². The maximum Gasteiger partial charge on any atom is 0.0816 e. The number of nitrogens with one attached hydrogen (secondary N) is 1. The van der Waals surface area contributed by atoms with E-state index in [0.717, 1.165) is 17.9 Å². The second-order valence-corrected chi connectivity index (χ2v) is 5.47. The Morgan fingerprint density at radius 1 is 1.38 bits per heavy atom. The predicted octanol–water partition coefficient (Wildman–Crippen LogP) is 2.69. The Balaban J connectivity index is 2.51. The lowest BCUT2D eigenvalue weighted by Gasteiger charge is -2.44. The van der Waals surface area contributed by atoms with E-state index in [1.165, 1.54) is 5.69 Å². The molecule has 16 heavy (non-hydrogen) atoms. The first-order valence-corrected chi connectivity index (χ1v) is 5.84. The highest BCUT2D eigenvalue weighted by Gasteiger charge is 2.31. The molecule has 0 aliphatic carbocycles. The molecular formula is C13H21N3. The molecule has 1 aromatic carbocycles. The minimum Gasteiger partial charge on any atom is -0.397 e. The fraction of sp³-hybridized carbons (Fsp3) is 0.538. The van der Waals surface area contributed by atoms with Crippen molar-refractivity contribution in [3.05, 3.63) is 18.2 Å². The molecule has 88 valence electrons. The summed E-state index contributed by atoms with van der Waals surface area (Å²) in [4.78, 5) is 2.40. The van der Waals surface area contributed by atoms with Gasteiger partial charge in [0.2, 0.25) is 0 Å². The van der Waals surface area contributed by atoms with Crippen LogP contribution < -0.4 is 16.0 Å². The molecule has 1 aromatic rings. The lowest BCUT2D eigenvalue weighted by molar-refractivity contribution is 0.507. The molecule has 1 aliphatic heterocycles. The van der Waals surface area contributed by atoms with E-state index in [2.05, 4.69) is 44.0 Å². The minimum absolute atomic E-state index is 0.0622. The molecule has 0 radical (unpaired) electrons. The number of fused-ring (bicyclic) bond motifs is 1. The number of nitrogens with two attached hydrogens (primary N) is 1. The van der Waals surface area contributed by atoms with Gasteiger partial charge in [-0.05, 0) is 39.8 Å². The number of hydrogen-bond donors (Lipinski definition) is 2. The Labute approximate surface area is 97.6 Å². The van der Waals surface area contributed by atoms with E-state index in [-0.39, 0.29) is 5.54 Å². The molecule has 0 fully saturated rings. The van der Waals surface area contributed by atoms with Gasteiger partial charge in [-0.3, -0.25) is 0 Å². The summed E-state index contributed by atoms with van der Waals surface area (Å²) in [7, 11) is 0. The SMILES string of the molecule is CC(C)N1CC(C)(C)Nc2c(N)cccc21. The number of hydrogen-bond acceptors (Lipinski definition) is 3. The summed E-state index contributed by atoms with van der Waals surface area (Å²) in [5, 5.41) is 3.52. The van der Waals surface area contributed by atoms with E-state index in [4.69, 9.17) is 5.73 Å². The molecule has 0 amide bonds. The Morgan fingerprint density at radius 3 is 2.69 bits per heavy atom. The van der Waals surface area contributed by atoms with Gasteiger partial charge in [-0.25, -0.2) is 0 Å². The molecule has 3 heteroatoms. The van der Waals surface area contributed by atoms with Crippen LogP contribution in [0.5, 0.6) is 0 Å². The first kappa shape index (κ1) is 11.1. The van der Waals surface area contributed by atoms with Crippen molar-refractivity contribution in [2.75, 3.05) is 22.5 Å². The maximum absolute atomic E-state index is 6.04. The zero-order chi connectivity index (χ0) is 11.9. The van der Waals surface area contributed by atoms with Crippen molar-refractivity contribution in [2.45, 2.75) is 39.3 Å². The normalized spacial score (nSPS) is 18.2. The quantitative estimate of drug-likeness (QED) is 0.713. The molecule has 1 heterocycles. The second-order valence-electron chi connectivity index (χ2n) is 5.47. The summed E-state index contributed by atoms with van der Waals surface area (Å²) in [6, 6.07) is 6.59. The molecule has 0 saturated carbocycles. The number of nitrogen functional groups attached to an aromatic ring is 1. The number of benzene rings is 1. The van der Waals surface area contributed by atoms with Crippen LogP contribution in [0.4, 0.5) is 17.1 Å². The summed E-state index contributed by atoms with van der Waals surface area (Å²) < 4.78 is 0. The lowest BCUT2D eigenvalue weighted by atomic mass is 9.97. The number of anilines is 3. The van der Waals surface area contributed by atoms with E-state index in [9.17, 15) is 0 Å².